The van der Waals surface area contributed by atoms with Crippen molar-refractivity contribution in [3.63, 3.8) is 0 Å². The number of nitrogens with zero attached hydrogens (tertiary/aromatic N) is 4. The minimum absolute atomic E-state index is 0.0872. The molecule has 1 N–H and O–H groups in total. The lowest BCUT2D eigenvalue weighted by atomic mass is 10.1. The number of H-pyrrole nitrogens is 1. The van der Waals surface area contributed by atoms with Crippen LogP contribution >= 0.6 is 0 Å². The Balaban J connectivity index is 1.42. The first-order valence-electron chi connectivity index (χ1n) is 9.62. The van der Waals surface area contributed by atoms with E-state index in [0.717, 1.165) is 42.2 Å². The molecule has 0 radical (unpaired) electrons. The zero-order valence-electron chi connectivity index (χ0n) is 16.3. The van der Waals surface area contributed by atoms with E-state index in [-0.39, 0.29) is 11.9 Å². The van der Waals surface area contributed by atoms with E-state index in [2.05, 4.69) is 20.1 Å². The van der Waals surface area contributed by atoms with E-state index in [0.29, 0.717) is 18.9 Å². The van der Waals surface area contributed by atoms with E-state index in [9.17, 15) is 17.6 Å². The predicted octanol–water partition coefficient (Wildman–Crippen LogP) is 4.34. The Labute approximate surface area is 171 Å². The van der Waals surface area contributed by atoms with Crippen LogP contribution in [0.4, 0.5) is 23.4 Å². The van der Waals surface area contributed by atoms with Gasteiger partial charge in [-0.25, -0.2) is 9.37 Å². The van der Waals surface area contributed by atoms with Crippen LogP contribution in [0.1, 0.15) is 18.1 Å². The van der Waals surface area contributed by atoms with E-state index >= 15 is 0 Å². The number of alkyl halides is 3. The van der Waals surface area contributed by atoms with Crippen molar-refractivity contribution in [3.05, 3.63) is 65.7 Å². The first-order valence-corrected chi connectivity index (χ1v) is 9.62. The van der Waals surface area contributed by atoms with Crippen LogP contribution in [0.15, 0.2) is 48.8 Å². The normalized spacial score (nSPS) is 18.0. The first kappa shape index (κ1) is 20.3. The number of anilines is 1. The fourth-order valence-corrected chi connectivity index (χ4v) is 3.77. The van der Waals surface area contributed by atoms with Crippen molar-refractivity contribution in [2.75, 3.05) is 24.5 Å². The van der Waals surface area contributed by atoms with Crippen LogP contribution < -0.4 is 4.90 Å². The molecule has 5 nitrogen and oxygen atoms in total. The molecule has 1 aliphatic rings. The van der Waals surface area contributed by atoms with Gasteiger partial charge in [-0.3, -0.25) is 10.00 Å². The van der Waals surface area contributed by atoms with Gasteiger partial charge in [-0.2, -0.15) is 18.3 Å². The van der Waals surface area contributed by atoms with Crippen LogP contribution in [0.3, 0.4) is 0 Å². The summed E-state index contributed by atoms with van der Waals surface area (Å²) in [4.78, 5) is 8.31. The highest BCUT2D eigenvalue weighted by atomic mass is 19.4. The quantitative estimate of drug-likeness (QED) is 0.639. The van der Waals surface area contributed by atoms with E-state index < -0.39 is 11.7 Å². The van der Waals surface area contributed by atoms with Gasteiger partial charge in [0.25, 0.3) is 0 Å². The minimum atomic E-state index is -4.39. The maximum Gasteiger partial charge on any atom is 0.417 e. The summed E-state index contributed by atoms with van der Waals surface area (Å²) in [6, 6.07) is 8.80. The molecule has 1 unspecified atom stereocenters. The van der Waals surface area contributed by atoms with Gasteiger partial charge in [-0.05, 0) is 43.3 Å². The Hall–Kier alpha value is -2.94. The second-order valence-corrected chi connectivity index (χ2v) is 7.45. The average Bonchev–Trinajstić information content (AvgIpc) is 3.16. The van der Waals surface area contributed by atoms with Crippen molar-refractivity contribution in [1.29, 1.82) is 0 Å². The molecule has 1 aromatic carbocycles. The third-order valence-corrected chi connectivity index (χ3v) is 5.31. The summed E-state index contributed by atoms with van der Waals surface area (Å²) in [6.07, 6.45) is -1.66. The van der Waals surface area contributed by atoms with Gasteiger partial charge >= 0.3 is 6.18 Å². The number of hydrogen-bond acceptors (Lipinski definition) is 4. The van der Waals surface area contributed by atoms with Crippen molar-refractivity contribution in [2.24, 2.45) is 0 Å². The predicted molar refractivity (Wildman–Crippen MR) is 105 cm³/mol. The topological polar surface area (TPSA) is 48.1 Å². The number of hydrogen-bond donors (Lipinski definition) is 1. The second kappa shape index (κ2) is 8.06. The Morgan fingerprint density at radius 2 is 1.87 bits per heavy atom. The monoisotopic (exact) mass is 419 g/mol. The minimum Gasteiger partial charge on any atom is -0.351 e. The zero-order chi connectivity index (χ0) is 21.3. The van der Waals surface area contributed by atoms with Crippen LogP contribution in [0.25, 0.3) is 11.3 Å². The van der Waals surface area contributed by atoms with Gasteiger partial charge in [0.15, 0.2) is 0 Å². The highest BCUT2D eigenvalue weighted by molar-refractivity contribution is 5.62. The third-order valence-electron chi connectivity index (χ3n) is 5.31. The van der Waals surface area contributed by atoms with Crippen LogP contribution in [-0.4, -0.2) is 45.8 Å². The molecule has 3 aromatic rings. The lowest BCUT2D eigenvalue weighted by Crippen LogP contribution is -2.51. The van der Waals surface area contributed by atoms with E-state index in [1.807, 2.05) is 18.0 Å². The molecule has 1 atom stereocenters. The molecular formula is C21H21F4N5. The maximum atomic E-state index is 13.2. The molecule has 158 valence electrons. The number of benzene rings is 1. The Morgan fingerprint density at radius 3 is 2.50 bits per heavy atom. The smallest absolute Gasteiger partial charge is 0.351 e. The largest absolute Gasteiger partial charge is 0.417 e. The Bertz CT molecular complexity index is 982. The van der Waals surface area contributed by atoms with Crippen LogP contribution in [0.2, 0.25) is 0 Å². The number of aromatic amines is 1. The molecule has 0 aliphatic carbocycles. The van der Waals surface area contributed by atoms with Crippen molar-refractivity contribution in [3.8, 4) is 11.3 Å². The molecule has 1 fully saturated rings. The van der Waals surface area contributed by atoms with Gasteiger partial charge in [-0.15, -0.1) is 0 Å². The molecule has 2 aromatic heterocycles. The van der Waals surface area contributed by atoms with Crippen molar-refractivity contribution in [2.45, 2.75) is 25.7 Å². The highest BCUT2D eigenvalue weighted by Gasteiger charge is 2.31. The highest BCUT2D eigenvalue weighted by Crippen LogP contribution is 2.30. The number of rotatable bonds is 4. The fraction of sp³-hybridized carbons (Fsp3) is 0.333. The number of piperazine rings is 1. The summed E-state index contributed by atoms with van der Waals surface area (Å²) < 4.78 is 51.5. The lowest BCUT2D eigenvalue weighted by molar-refractivity contribution is -0.137. The third kappa shape index (κ3) is 4.30. The number of aromatic nitrogens is 3. The first-order chi connectivity index (χ1) is 14.3. The summed E-state index contributed by atoms with van der Waals surface area (Å²) in [5, 5.41) is 7.19. The van der Waals surface area contributed by atoms with Gasteiger partial charge in [0.1, 0.15) is 11.6 Å². The molecule has 0 bridgehead atoms. The van der Waals surface area contributed by atoms with Gasteiger partial charge in [0.05, 0.1) is 11.3 Å². The lowest BCUT2D eigenvalue weighted by Gasteiger charge is -2.40. The van der Waals surface area contributed by atoms with Crippen LogP contribution in [0.5, 0.6) is 0 Å². The van der Waals surface area contributed by atoms with Gasteiger partial charge in [-0.1, -0.05) is 0 Å². The van der Waals surface area contributed by atoms with E-state index in [1.54, 1.807) is 12.1 Å². The van der Waals surface area contributed by atoms with Crippen LogP contribution in [0, 0.1) is 5.82 Å². The molecule has 1 saturated heterocycles. The maximum absolute atomic E-state index is 13.2. The van der Waals surface area contributed by atoms with Crippen LogP contribution in [-0.2, 0) is 12.7 Å². The Morgan fingerprint density at radius 1 is 1.10 bits per heavy atom. The van der Waals surface area contributed by atoms with E-state index in [1.165, 1.54) is 18.2 Å². The second-order valence-electron chi connectivity index (χ2n) is 7.45. The fourth-order valence-electron chi connectivity index (χ4n) is 3.77. The summed E-state index contributed by atoms with van der Waals surface area (Å²) in [6.45, 7) is 4.82. The molecule has 4 rings (SSSR count). The SMILES string of the molecule is CC1CN(Cc2c[nH]nc2-c2ccc(F)cc2)CCN1c1ccc(C(F)(F)F)cn1. The molecule has 9 heteroatoms. The molecule has 3 heterocycles. The van der Waals surface area contributed by atoms with Gasteiger partial charge < -0.3 is 4.90 Å². The van der Waals surface area contributed by atoms with Gasteiger partial charge in [0.2, 0.25) is 0 Å². The molecule has 0 saturated carbocycles. The standard InChI is InChI=1S/C21H21F4N5/c1-14-12-29(8-9-30(14)19-7-4-17(11-26-19)21(23,24)25)13-16-10-27-28-20(16)15-2-5-18(22)6-3-15/h2-7,10-11,14H,8-9,12-13H2,1H3,(H,27,28). The summed E-state index contributed by atoms with van der Waals surface area (Å²) >= 11 is 0. The molecule has 0 amide bonds. The molecule has 30 heavy (non-hydrogen) atoms. The number of pyridine rings is 1. The zero-order valence-corrected chi connectivity index (χ0v) is 16.3. The summed E-state index contributed by atoms with van der Waals surface area (Å²) in [5.74, 6) is 0.253. The van der Waals surface area contributed by atoms with E-state index in [4.69, 9.17) is 0 Å². The average molecular weight is 419 g/mol. The van der Waals surface area contributed by atoms with Crippen molar-refractivity contribution >= 4 is 5.82 Å². The van der Waals surface area contributed by atoms with Crippen molar-refractivity contribution in [1.82, 2.24) is 20.1 Å². The molecular weight excluding hydrogens is 398 g/mol. The number of halogens is 4. The van der Waals surface area contributed by atoms with Crippen molar-refractivity contribution < 1.29 is 17.6 Å². The molecule has 1 aliphatic heterocycles. The Kier molecular flexibility index (Phi) is 5.46. The number of nitrogens with one attached hydrogen (secondary N) is 1. The van der Waals surface area contributed by atoms with Gasteiger partial charge in [0, 0.05) is 55.7 Å². The summed E-state index contributed by atoms with van der Waals surface area (Å²) in [7, 11) is 0. The molecule has 0 spiro atoms. The summed E-state index contributed by atoms with van der Waals surface area (Å²) in [5.41, 5.74) is 1.89.